The molecule has 1 fully saturated rings. The third kappa shape index (κ3) is 2.93. The van der Waals surface area contributed by atoms with E-state index in [-0.39, 0.29) is 0 Å². The molecule has 2 heteroatoms. The summed E-state index contributed by atoms with van der Waals surface area (Å²) in [4.78, 5) is 2.58. The van der Waals surface area contributed by atoms with Crippen LogP contribution in [0, 0.1) is 5.41 Å². The molecule has 1 aromatic rings. The van der Waals surface area contributed by atoms with Crippen molar-refractivity contribution in [1.82, 2.24) is 4.90 Å². The Kier molecular flexibility index (Phi) is 4.08. The molecule has 1 aliphatic rings. The van der Waals surface area contributed by atoms with Gasteiger partial charge in [0.25, 0.3) is 0 Å². The Morgan fingerprint density at radius 2 is 1.94 bits per heavy atom. The van der Waals surface area contributed by atoms with E-state index in [1.807, 2.05) is 0 Å². The topological polar surface area (TPSA) is 29.3 Å². The van der Waals surface area contributed by atoms with Crippen molar-refractivity contribution >= 4 is 0 Å². The molecule has 2 N–H and O–H groups in total. The lowest BCUT2D eigenvalue weighted by molar-refractivity contribution is 0.199. The minimum absolute atomic E-state index is 0.448. The summed E-state index contributed by atoms with van der Waals surface area (Å²) < 4.78 is 0. The van der Waals surface area contributed by atoms with Crippen LogP contribution in [0.15, 0.2) is 30.3 Å². The molecular formula is C16H26N2. The highest BCUT2D eigenvalue weighted by molar-refractivity contribution is 5.21. The molecule has 2 atom stereocenters. The standard InChI is InChI=1S/C16H26N2/c1-13(14-7-5-4-6-8-14)15(11-17)18-10-9-16(2,3)12-18/h4-8,13,15H,9-12,17H2,1-3H3. The number of hydrogen-bond donors (Lipinski definition) is 1. The highest BCUT2D eigenvalue weighted by atomic mass is 15.2. The van der Waals surface area contributed by atoms with Crippen LogP contribution in [-0.4, -0.2) is 30.6 Å². The third-order valence-corrected chi connectivity index (χ3v) is 4.32. The number of likely N-dealkylation sites (tertiary alicyclic amines) is 1. The average Bonchev–Trinajstić information content (AvgIpc) is 2.71. The summed E-state index contributed by atoms with van der Waals surface area (Å²) >= 11 is 0. The Balaban J connectivity index is 2.10. The smallest absolute Gasteiger partial charge is 0.0284 e. The predicted octanol–water partition coefficient (Wildman–Crippen LogP) is 2.85. The van der Waals surface area contributed by atoms with E-state index >= 15 is 0 Å². The van der Waals surface area contributed by atoms with Gasteiger partial charge < -0.3 is 5.73 Å². The summed E-state index contributed by atoms with van der Waals surface area (Å²) in [6.07, 6.45) is 1.28. The maximum absolute atomic E-state index is 6.04. The normalized spacial score (nSPS) is 22.9. The van der Waals surface area contributed by atoms with Crippen LogP contribution in [-0.2, 0) is 0 Å². The Bertz CT molecular complexity index is 372. The molecule has 2 unspecified atom stereocenters. The van der Waals surface area contributed by atoms with E-state index < -0.39 is 0 Å². The first kappa shape index (κ1) is 13.6. The monoisotopic (exact) mass is 246 g/mol. The summed E-state index contributed by atoms with van der Waals surface area (Å²) in [7, 11) is 0. The molecule has 0 radical (unpaired) electrons. The van der Waals surface area contributed by atoms with Crippen LogP contribution < -0.4 is 5.73 Å². The van der Waals surface area contributed by atoms with Crippen LogP contribution in [0.25, 0.3) is 0 Å². The minimum atomic E-state index is 0.448. The van der Waals surface area contributed by atoms with Crippen molar-refractivity contribution in [2.75, 3.05) is 19.6 Å². The van der Waals surface area contributed by atoms with Gasteiger partial charge in [0.1, 0.15) is 0 Å². The van der Waals surface area contributed by atoms with E-state index in [4.69, 9.17) is 5.73 Å². The number of nitrogens with zero attached hydrogens (tertiary/aromatic N) is 1. The molecule has 0 bridgehead atoms. The molecule has 1 aliphatic heterocycles. The van der Waals surface area contributed by atoms with Gasteiger partial charge >= 0.3 is 0 Å². The second-order valence-corrected chi connectivity index (χ2v) is 6.39. The van der Waals surface area contributed by atoms with Crippen LogP contribution >= 0.6 is 0 Å². The minimum Gasteiger partial charge on any atom is -0.329 e. The lowest BCUT2D eigenvalue weighted by Crippen LogP contribution is -2.43. The van der Waals surface area contributed by atoms with Gasteiger partial charge in [-0.25, -0.2) is 0 Å². The van der Waals surface area contributed by atoms with Crippen molar-refractivity contribution in [3.63, 3.8) is 0 Å². The summed E-state index contributed by atoms with van der Waals surface area (Å²) in [5.74, 6) is 0.505. The summed E-state index contributed by atoms with van der Waals surface area (Å²) in [5, 5.41) is 0. The van der Waals surface area contributed by atoms with Crippen molar-refractivity contribution in [3.05, 3.63) is 35.9 Å². The predicted molar refractivity (Wildman–Crippen MR) is 77.7 cm³/mol. The Morgan fingerprint density at radius 3 is 2.44 bits per heavy atom. The zero-order valence-electron chi connectivity index (χ0n) is 11.9. The van der Waals surface area contributed by atoms with Gasteiger partial charge in [0.05, 0.1) is 0 Å². The number of rotatable bonds is 4. The summed E-state index contributed by atoms with van der Waals surface area (Å²) in [5.41, 5.74) is 7.89. The molecule has 18 heavy (non-hydrogen) atoms. The molecule has 1 heterocycles. The fourth-order valence-electron chi connectivity index (χ4n) is 3.09. The lowest BCUT2D eigenvalue weighted by atomic mass is 9.91. The summed E-state index contributed by atoms with van der Waals surface area (Å²) in [6.45, 7) is 10.1. The molecule has 0 amide bonds. The molecule has 2 rings (SSSR count). The molecule has 1 aromatic carbocycles. The molecule has 0 saturated carbocycles. The second kappa shape index (κ2) is 5.41. The Morgan fingerprint density at radius 1 is 1.28 bits per heavy atom. The van der Waals surface area contributed by atoms with Crippen LogP contribution in [0.4, 0.5) is 0 Å². The van der Waals surface area contributed by atoms with E-state index in [9.17, 15) is 0 Å². The van der Waals surface area contributed by atoms with Crippen molar-refractivity contribution in [2.24, 2.45) is 11.1 Å². The average molecular weight is 246 g/mol. The Labute approximate surface area is 111 Å². The second-order valence-electron chi connectivity index (χ2n) is 6.39. The van der Waals surface area contributed by atoms with Gasteiger partial charge in [-0.2, -0.15) is 0 Å². The van der Waals surface area contributed by atoms with Crippen molar-refractivity contribution < 1.29 is 0 Å². The molecular weight excluding hydrogens is 220 g/mol. The fraction of sp³-hybridized carbons (Fsp3) is 0.625. The van der Waals surface area contributed by atoms with E-state index in [1.165, 1.54) is 25.1 Å². The maximum atomic E-state index is 6.04. The molecule has 100 valence electrons. The highest BCUT2D eigenvalue weighted by Crippen LogP contribution is 2.33. The van der Waals surface area contributed by atoms with Gasteiger partial charge in [0.2, 0.25) is 0 Å². The van der Waals surface area contributed by atoms with E-state index in [1.54, 1.807) is 0 Å². The first-order chi connectivity index (χ1) is 8.53. The van der Waals surface area contributed by atoms with Crippen molar-refractivity contribution in [2.45, 2.75) is 39.2 Å². The van der Waals surface area contributed by atoms with Gasteiger partial charge in [-0.15, -0.1) is 0 Å². The van der Waals surface area contributed by atoms with Gasteiger partial charge in [-0.3, -0.25) is 4.90 Å². The summed E-state index contributed by atoms with van der Waals surface area (Å²) in [6, 6.07) is 11.2. The number of hydrogen-bond acceptors (Lipinski definition) is 2. The molecule has 0 aliphatic carbocycles. The van der Waals surface area contributed by atoms with Gasteiger partial charge in [0.15, 0.2) is 0 Å². The van der Waals surface area contributed by atoms with E-state index in [0.29, 0.717) is 17.4 Å². The van der Waals surface area contributed by atoms with Gasteiger partial charge in [-0.05, 0) is 29.9 Å². The van der Waals surface area contributed by atoms with Gasteiger partial charge in [-0.1, -0.05) is 51.1 Å². The number of benzene rings is 1. The zero-order valence-corrected chi connectivity index (χ0v) is 11.9. The highest BCUT2D eigenvalue weighted by Gasteiger charge is 2.34. The fourth-order valence-corrected chi connectivity index (χ4v) is 3.09. The first-order valence-electron chi connectivity index (χ1n) is 7.02. The third-order valence-electron chi connectivity index (χ3n) is 4.32. The van der Waals surface area contributed by atoms with Crippen LogP contribution in [0.3, 0.4) is 0 Å². The van der Waals surface area contributed by atoms with E-state index in [0.717, 1.165) is 6.54 Å². The molecule has 2 nitrogen and oxygen atoms in total. The Hall–Kier alpha value is -0.860. The van der Waals surface area contributed by atoms with Crippen LogP contribution in [0.1, 0.15) is 38.7 Å². The van der Waals surface area contributed by atoms with E-state index in [2.05, 4.69) is 56.0 Å². The molecule has 0 spiro atoms. The largest absolute Gasteiger partial charge is 0.329 e. The van der Waals surface area contributed by atoms with Crippen LogP contribution in [0.5, 0.6) is 0 Å². The molecule has 0 aromatic heterocycles. The molecule has 1 saturated heterocycles. The lowest BCUT2D eigenvalue weighted by Gasteiger charge is -2.33. The first-order valence-corrected chi connectivity index (χ1v) is 7.02. The maximum Gasteiger partial charge on any atom is 0.0284 e. The van der Waals surface area contributed by atoms with Crippen LogP contribution in [0.2, 0.25) is 0 Å². The van der Waals surface area contributed by atoms with Crippen molar-refractivity contribution in [3.8, 4) is 0 Å². The quantitative estimate of drug-likeness (QED) is 0.885. The SMILES string of the molecule is CC(c1ccccc1)C(CN)N1CCC(C)(C)C1. The van der Waals surface area contributed by atoms with Crippen molar-refractivity contribution in [1.29, 1.82) is 0 Å². The van der Waals surface area contributed by atoms with Gasteiger partial charge in [0, 0.05) is 19.1 Å². The number of nitrogens with two attached hydrogens (primary N) is 1. The zero-order chi connectivity index (χ0) is 13.2.